The van der Waals surface area contributed by atoms with Gasteiger partial charge in [-0.1, -0.05) is 23.7 Å². The average Bonchev–Trinajstić information content (AvgIpc) is 2.70. The van der Waals surface area contributed by atoms with E-state index in [1.54, 1.807) is 32.2 Å². The molecule has 0 aliphatic carbocycles. The van der Waals surface area contributed by atoms with E-state index in [9.17, 15) is 9.59 Å². The summed E-state index contributed by atoms with van der Waals surface area (Å²) in [6.45, 7) is 1.70. The van der Waals surface area contributed by atoms with Gasteiger partial charge in [0.1, 0.15) is 17.5 Å². The topological polar surface area (TPSA) is 67.9 Å². The SMILES string of the molecule is CNC(=O)[C@@H](C)N(Cc1cccc(OC)c1)C(=O)COc1ccc(Cl)cc1Br. The Morgan fingerprint density at radius 1 is 1.25 bits per heavy atom. The van der Waals surface area contributed by atoms with Crippen LogP contribution in [0.2, 0.25) is 5.02 Å². The van der Waals surface area contributed by atoms with Crippen molar-refractivity contribution in [3.63, 3.8) is 0 Å². The number of nitrogens with one attached hydrogen (secondary N) is 1. The number of halogens is 2. The van der Waals surface area contributed by atoms with Gasteiger partial charge in [-0.15, -0.1) is 0 Å². The zero-order chi connectivity index (χ0) is 20.7. The van der Waals surface area contributed by atoms with E-state index in [1.165, 1.54) is 11.9 Å². The van der Waals surface area contributed by atoms with E-state index in [-0.39, 0.29) is 25.0 Å². The molecule has 2 aromatic rings. The van der Waals surface area contributed by atoms with Crippen molar-refractivity contribution >= 4 is 39.3 Å². The third-order valence-electron chi connectivity index (χ3n) is 4.15. The van der Waals surface area contributed by atoms with Crippen LogP contribution in [0.25, 0.3) is 0 Å². The van der Waals surface area contributed by atoms with Crippen molar-refractivity contribution < 1.29 is 19.1 Å². The van der Waals surface area contributed by atoms with Gasteiger partial charge in [0.05, 0.1) is 11.6 Å². The summed E-state index contributed by atoms with van der Waals surface area (Å²) in [5.41, 5.74) is 0.844. The quantitative estimate of drug-likeness (QED) is 0.641. The van der Waals surface area contributed by atoms with Gasteiger partial charge in [0.2, 0.25) is 5.91 Å². The Balaban J connectivity index is 2.17. The number of ether oxygens (including phenoxy) is 2. The minimum atomic E-state index is -0.666. The van der Waals surface area contributed by atoms with Gasteiger partial charge in [0.15, 0.2) is 6.61 Å². The summed E-state index contributed by atoms with van der Waals surface area (Å²) in [5.74, 6) is 0.593. The van der Waals surface area contributed by atoms with E-state index in [0.29, 0.717) is 21.0 Å². The molecule has 0 bridgehead atoms. The fraction of sp³-hybridized carbons (Fsp3) is 0.300. The summed E-state index contributed by atoms with van der Waals surface area (Å²) in [6.07, 6.45) is 0. The van der Waals surface area contributed by atoms with Gasteiger partial charge in [-0.2, -0.15) is 0 Å². The first kappa shape index (κ1) is 22.0. The highest BCUT2D eigenvalue weighted by atomic mass is 79.9. The molecule has 1 atom stereocenters. The molecule has 150 valence electrons. The molecule has 2 aromatic carbocycles. The van der Waals surface area contributed by atoms with Crippen molar-refractivity contribution in [2.75, 3.05) is 20.8 Å². The first-order valence-corrected chi connectivity index (χ1v) is 9.74. The van der Waals surface area contributed by atoms with E-state index < -0.39 is 6.04 Å². The molecule has 8 heteroatoms. The minimum absolute atomic E-state index is 0.217. The Kier molecular flexibility index (Phi) is 8.14. The molecule has 0 spiro atoms. The zero-order valence-electron chi connectivity index (χ0n) is 15.9. The van der Waals surface area contributed by atoms with Crippen LogP contribution in [-0.4, -0.2) is 43.5 Å². The van der Waals surface area contributed by atoms with Crippen LogP contribution in [0.4, 0.5) is 0 Å². The molecule has 0 saturated carbocycles. The Labute approximate surface area is 177 Å². The average molecular weight is 470 g/mol. The molecule has 2 rings (SSSR count). The molecular formula is C20H22BrClN2O4. The highest BCUT2D eigenvalue weighted by Gasteiger charge is 2.26. The lowest BCUT2D eigenvalue weighted by Crippen LogP contribution is -2.48. The Morgan fingerprint density at radius 3 is 2.64 bits per heavy atom. The molecule has 0 aliphatic rings. The highest BCUT2D eigenvalue weighted by Crippen LogP contribution is 2.28. The van der Waals surface area contributed by atoms with Crippen molar-refractivity contribution in [1.29, 1.82) is 0 Å². The van der Waals surface area contributed by atoms with Crippen molar-refractivity contribution in [1.82, 2.24) is 10.2 Å². The van der Waals surface area contributed by atoms with Crippen LogP contribution in [0.1, 0.15) is 12.5 Å². The van der Waals surface area contributed by atoms with Gasteiger partial charge in [-0.3, -0.25) is 9.59 Å². The van der Waals surface area contributed by atoms with Gasteiger partial charge >= 0.3 is 0 Å². The zero-order valence-corrected chi connectivity index (χ0v) is 18.2. The summed E-state index contributed by atoms with van der Waals surface area (Å²) < 4.78 is 11.5. The monoisotopic (exact) mass is 468 g/mol. The molecule has 0 aromatic heterocycles. The molecule has 0 heterocycles. The predicted molar refractivity (Wildman–Crippen MR) is 112 cm³/mol. The number of carbonyl (C=O) groups is 2. The molecule has 2 amide bonds. The summed E-state index contributed by atoms with van der Waals surface area (Å²) >= 11 is 9.28. The normalized spacial score (nSPS) is 11.5. The molecule has 0 radical (unpaired) electrons. The van der Waals surface area contributed by atoms with Crippen molar-refractivity contribution in [2.24, 2.45) is 0 Å². The second-order valence-corrected chi connectivity index (χ2v) is 7.32. The Hall–Kier alpha value is -2.25. The summed E-state index contributed by atoms with van der Waals surface area (Å²) in [6, 6.07) is 11.7. The van der Waals surface area contributed by atoms with Crippen LogP contribution in [0.15, 0.2) is 46.9 Å². The molecule has 6 nitrogen and oxygen atoms in total. The number of amides is 2. The van der Waals surface area contributed by atoms with Crippen molar-refractivity contribution in [3.8, 4) is 11.5 Å². The lowest BCUT2D eigenvalue weighted by Gasteiger charge is -2.28. The first-order chi connectivity index (χ1) is 13.3. The van der Waals surface area contributed by atoms with Crippen molar-refractivity contribution in [3.05, 3.63) is 57.5 Å². The number of hydrogen-bond acceptors (Lipinski definition) is 4. The van der Waals surface area contributed by atoms with Crippen LogP contribution < -0.4 is 14.8 Å². The van der Waals surface area contributed by atoms with Gasteiger partial charge in [-0.05, 0) is 58.7 Å². The van der Waals surface area contributed by atoms with Crippen LogP contribution in [0.3, 0.4) is 0 Å². The summed E-state index contributed by atoms with van der Waals surface area (Å²) in [5, 5.41) is 3.13. The van der Waals surface area contributed by atoms with Crippen LogP contribution in [0.5, 0.6) is 11.5 Å². The van der Waals surface area contributed by atoms with E-state index in [2.05, 4.69) is 21.2 Å². The number of rotatable bonds is 8. The predicted octanol–water partition coefficient (Wildman–Crippen LogP) is 3.65. The van der Waals surface area contributed by atoms with Crippen LogP contribution in [-0.2, 0) is 16.1 Å². The fourth-order valence-corrected chi connectivity index (χ4v) is 3.37. The third-order valence-corrected chi connectivity index (χ3v) is 5.00. The molecule has 0 unspecified atom stereocenters. The molecule has 1 N–H and O–H groups in total. The largest absolute Gasteiger partial charge is 0.497 e. The summed E-state index contributed by atoms with van der Waals surface area (Å²) in [4.78, 5) is 26.5. The Bertz CT molecular complexity index is 847. The van der Waals surface area contributed by atoms with E-state index in [1.807, 2.05) is 24.3 Å². The number of likely N-dealkylation sites (N-methyl/N-ethyl adjacent to an activating group) is 1. The number of methoxy groups -OCH3 is 1. The number of benzene rings is 2. The third kappa shape index (κ3) is 5.87. The van der Waals surface area contributed by atoms with Crippen LogP contribution in [0, 0.1) is 0 Å². The number of carbonyl (C=O) groups excluding carboxylic acids is 2. The molecule has 0 fully saturated rings. The molecular weight excluding hydrogens is 448 g/mol. The smallest absolute Gasteiger partial charge is 0.261 e. The second-order valence-electron chi connectivity index (χ2n) is 6.03. The van der Waals surface area contributed by atoms with Crippen LogP contribution >= 0.6 is 27.5 Å². The maximum Gasteiger partial charge on any atom is 0.261 e. The van der Waals surface area contributed by atoms with Crippen molar-refractivity contribution in [2.45, 2.75) is 19.5 Å². The maximum atomic E-state index is 12.9. The standard InChI is InChI=1S/C20H22BrClN2O4/c1-13(20(26)23-2)24(11-14-5-4-6-16(9-14)27-3)19(25)12-28-18-8-7-15(22)10-17(18)21/h4-10,13H,11-12H2,1-3H3,(H,23,26)/t13-/m1/s1. The van der Waals surface area contributed by atoms with Gasteiger partial charge in [0, 0.05) is 18.6 Å². The molecule has 0 aliphatic heterocycles. The van der Waals surface area contributed by atoms with Gasteiger partial charge in [0.25, 0.3) is 5.91 Å². The highest BCUT2D eigenvalue weighted by molar-refractivity contribution is 9.10. The maximum absolute atomic E-state index is 12.9. The lowest BCUT2D eigenvalue weighted by molar-refractivity contribution is -0.142. The van der Waals surface area contributed by atoms with Gasteiger partial charge < -0.3 is 19.7 Å². The lowest BCUT2D eigenvalue weighted by atomic mass is 10.1. The summed E-state index contributed by atoms with van der Waals surface area (Å²) in [7, 11) is 3.11. The number of hydrogen-bond donors (Lipinski definition) is 1. The first-order valence-electron chi connectivity index (χ1n) is 8.57. The van der Waals surface area contributed by atoms with Gasteiger partial charge in [-0.25, -0.2) is 0 Å². The van der Waals surface area contributed by atoms with E-state index in [0.717, 1.165) is 5.56 Å². The molecule has 0 saturated heterocycles. The minimum Gasteiger partial charge on any atom is -0.497 e. The fourth-order valence-electron chi connectivity index (χ4n) is 2.57. The molecule has 28 heavy (non-hydrogen) atoms. The second kappa shape index (κ2) is 10.3. The Morgan fingerprint density at radius 2 is 2.00 bits per heavy atom. The number of nitrogens with zero attached hydrogens (tertiary/aromatic N) is 1. The van der Waals surface area contributed by atoms with E-state index >= 15 is 0 Å². The van der Waals surface area contributed by atoms with E-state index in [4.69, 9.17) is 21.1 Å².